The van der Waals surface area contributed by atoms with Crippen LogP contribution >= 0.6 is 11.8 Å². The van der Waals surface area contributed by atoms with Gasteiger partial charge in [-0.15, -0.1) is 10.2 Å². The minimum Gasteiger partial charge on any atom is -0.463 e. The first-order valence-electron chi connectivity index (χ1n) is 15.7. The van der Waals surface area contributed by atoms with Crippen LogP contribution in [0.25, 0.3) is 45.2 Å². The van der Waals surface area contributed by atoms with Crippen molar-refractivity contribution in [2.75, 3.05) is 31.8 Å². The molecule has 0 aliphatic rings. The van der Waals surface area contributed by atoms with E-state index in [1.807, 2.05) is 50.5 Å². The van der Waals surface area contributed by atoms with Gasteiger partial charge in [0.15, 0.2) is 33.8 Å². The fourth-order valence-electron chi connectivity index (χ4n) is 5.31. The van der Waals surface area contributed by atoms with Crippen LogP contribution in [0.1, 0.15) is 22.8 Å². The number of nitrogen functional groups attached to an aromatic ring is 2. The first-order valence-corrected chi connectivity index (χ1v) is 17.1. The molecule has 8 rings (SSSR count). The molecule has 0 spiro atoms. The molecule has 0 fully saturated rings. The fraction of sp³-hybridized carbons (Fsp3) is 0.212. The van der Waals surface area contributed by atoms with Crippen molar-refractivity contribution < 1.29 is 8.83 Å². The summed E-state index contributed by atoms with van der Waals surface area (Å²) < 4.78 is 14.2. The third-order valence-corrected chi connectivity index (χ3v) is 7.98. The number of fused-ring (bicyclic) bond motifs is 2. The van der Waals surface area contributed by atoms with Gasteiger partial charge in [0.1, 0.15) is 11.4 Å². The van der Waals surface area contributed by atoms with Gasteiger partial charge < -0.3 is 25.2 Å². The molecule has 0 radical (unpaired) electrons. The molecule has 18 heteroatoms. The first kappa shape index (κ1) is 33.2. The van der Waals surface area contributed by atoms with Gasteiger partial charge in [0.05, 0.1) is 48.4 Å². The van der Waals surface area contributed by atoms with Crippen LogP contribution in [0.3, 0.4) is 0 Å². The van der Waals surface area contributed by atoms with Gasteiger partial charge in [-0.25, -0.2) is 19.3 Å². The Morgan fingerprint density at radius 2 is 1.12 bits per heavy atom. The lowest BCUT2D eigenvalue weighted by Gasteiger charge is -2.10. The molecule has 0 aliphatic heterocycles. The molecule has 8 heterocycles. The minimum atomic E-state index is 0.141. The lowest BCUT2D eigenvalue weighted by molar-refractivity contribution is 0.396. The highest BCUT2D eigenvalue weighted by Gasteiger charge is 2.19. The van der Waals surface area contributed by atoms with Gasteiger partial charge in [-0.1, -0.05) is 22.6 Å². The van der Waals surface area contributed by atoms with E-state index < -0.39 is 0 Å². The molecular formula is C33H33N15O2S. The molecule has 0 amide bonds. The summed E-state index contributed by atoms with van der Waals surface area (Å²) in [5, 5.41) is 16.8. The van der Waals surface area contributed by atoms with Crippen LogP contribution in [0.2, 0.25) is 0 Å². The summed E-state index contributed by atoms with van der Waals surface area (Å²) in [4.78, 5) is 28.5. The van der Waals surface area contributed by atoms with E-state index in [0.717, 1.165) is 35.1 Å². The molecule has 4 N–H and O–H groups in total. The Morgan fingerprint density at radius 3 is 1.59 bits per heavy atom. The van der Waals surface area contributed by atoms with E-state index in [1.54, 1.807) is 57.9 Å². The van der Waals surface area contributed by atoms with E-state index in [-0.39, 0.29) is 11.9 Å². The zero-order chi connectivity index (χ0) is 35.3. The van der Waals surface area contributed by atoms with E-state index in [4.69, 9.17) is 20.3 Å². The van der Waals surface area contributed by atoms with Crippen LogP contribution in [0.15, 0.2) is 82.0 Å². The zero-order valence-electron chi connectivity index (χ0n) is 27.9. The van der Waals surface area contributed by atoms with Gasteiger partial charge in [0.2, 0.25) is 11.9 Å². The number of rotatable bonds is 10. The molecular weight excluding hydrogens is 671 g/mol. The average molecular weight is 704 g/mol. The van der Waals surface area contributed by atoms with E-state index in [9.17, 15) is 0 Å². The summed E-state index contributed by atoms with van der Waals surface area (Å²) in [7, 11) is 4.02. The minimum absolute atomic E-state index is 0.141. The molecule has 0 aliphatic carbocycles. The van der Waals surface area contributed by atoms with Crippen molar-refractivity contribution in [2.24, 2.45) is 0 Å². The number of nitrogens with two attached hydrogens (primary N) is 2. The van der Waals surface area contributed by atoms with Crippen LogP contribution in [0.4, 0.5) is 11.9 Å². The number of furan rings is 2. The quantitative estimate of drug-likeness (QED) is 0.206. The Hall–Kier alpha value is -6.27. The van der Waals surface area contributed by atoms with Crippen molar-refractivity contribution in [1.29, 1.82) is 0 Å². The standard InChI is InChI=1S/C17H18N8O.C16H15N7OS/c1-24(2)9-11-5-3-6-12(19-11)10-25-16-15(22-23-25)14(20-17(18)21-16)13-7-4-8-26-13;1-25-9-11-5-2-4-10(18-11)8-23-15-14(21-22-23)13(19-16(17)20-15)12-6-3-7-24-12/h3-8H,9-10H2,1-2H3,(H2,18,20,21);2-7H,8-9H2,1H3,(H2,17,19,20). The second-order valence-corrected chi connectivity index (χ2v) is 12.4. The lowest BCUT2D eigenvalue weighted by atomic mass is 10.2. The monoisotopic (exact) mass is 703 g/mol. The molecule has 0 saturated heterocycles. The van der Waals surface area contributed by atoms with Crippen LogP contribution in [0.5, 0.6) is 0 Å². The molecule has 0 atom stereocenters. The number of hydrogen-bond acceptors (Lipinski definition) is 16. The lowest BCUT2D eigenvalue weighted by Crippen LogP contribution is -2.13. The van der Waals surface area contributed by atoms with Gasteiger partial charge >= 0.3 is 0 Å². The molecule has 17 nitrogen and oxygen atoms in total. The largest absolute Gasteiger partial charge is 0.463 e. The predicted molar refractivity (Wildman–Crippen MR) is 192 cm³/mol. The molecule has 51 heavy (non-hydrogen) atoms. The van der Waals surface area contributed by atoms with Crippen LogP contribution in [-0.2, 0) is 25.4 Å². The highest BCUT2D eigenvalue weighted by Crippen LogP contribution is 2.27. The van der Waals surface area contributed by atoms with Crippen molar-refractivity contribution in [1.82, 2.24) is 64.8 Å². The van der Waals surface area contributed by atoms with Crippen LogP contribution in [0, 0.1) is 0 Å². The molecule has 0 saturated carbocycles. The second-order valence-electron chi connectivity index (χ2n) is 11.6. The number of hydrogen-bond donors (Lipinski definition) is 2. The first-order chi connectivity index (χ1) is 24.8. The number of nitrogens with zero attached hydrogens (tertiary/aromatic N) is 13. The van der Waals surface area contributed by atoms with Crippen molar-refractivity contribution in [3.63, 3.8) is 0 Å². The Labute approximate surface area is 295 Å². The number of aromatic nitrogens is 12. The summed E-state index contributed by atoms with van der Waals surface area (Å²) in [6.45, 7) is 1.66. The van der Waals surface area contributed by atoms with Gasteiger partial charge in [-0.2, -0.15) is 21.7 Å². The predicted octanol–water partition coefficient (Wildman–Crippen LogP) is 3.94. The van der Waals surface area contributed by atoms with Crippen molar-refractivity contribution in [2.45, 2.75) is 25.4 Å². The molecule has 258 valence electrons. The summed E-state index contributed by atoms with van der Waals surface area (Å²) in [6, 6.07) is 19.0. The van der Waals surface area contributed by atoms with Crippen molar-refractivity contribution in [3.8, 4) is 22.9 Å². The third-order valence-electron chi connectivity index (χ3n) is 7.39. The van der Waals surface area contributed by atoms with Gasteiger partial charge in [-0.3, -0.25) is 9.97 Å². The normalized spacial score (nSPS) is 11.4. The number of thioether (sulfide) groups is 1. The van der Waals surface area contributed by atoms with E-state index >= 15 is 0 Å². The highest BCUT2D eigenvalue weighted by atomic mass is 32.2. The van der Waals surface area contributed by atoms with E-state index in [2.05, 4.69) is 61.7 Å². The maximum atomic E-state index is 5.88. The van der Waals surface area contributed by atoms with Crippen LogP contribution < -0.4 is 11.5 Å². The topological polar surface area (TPSA) is 220 Å². The fourth-order valence-corrected chi connectivity index (χ4v) is 5.77. The SMILES string of the molecule is CN(C)Cc1cccc(Cn2nnc3c(-c4ccco4)nc(N)nc32)n1.CSCc1cccc(Cn2nnc3c(-c4ccco4)nc(N)nc32)n1. The number of pyridine rings is 2. The van der Waals surface area contributed by atoms with Gasteiger partial charge in [-0.05, 0) is 68.9 Å². The molecule has 8 aromatic rings. The smallest absolute Gasteiger partial charge is 0.222 e. The third kappa shape index (κ3) is 7.51. The Bertz CT molecular complexity index is 2390. The summed E-state index contributed by atoms with van der Waals surface area (Å²) in [6.07, 6.45) is 5.20. The van der Waals surface area contributed by atoms with Crippen LogP contribution in [-0.4, -0.2) is 85.1 Å². The summed E-state index contributed by atoms with van der Waals surface area (Å²) in [5.41, 5.74) is 18.8. The average Bonchev–Trinajstić information content (AvgIpc) is 3.94. The molecule has 0 bridgehead atoms. The maximum Gasteiger partial charge on any atom is 0.222 e. The van der Waals surface area contributed by atoms with Gasteiger partial charge in [0.25, 0.3) is 0 Å². The van der Waals surface area contributed by atoms with E-state index in [0.29, 0.717) is 58.3 Å². The second kappa shape index (κ2) is 14.7. The van der Waals surface area contributed by atoms with Crippen molar-refractivity contribution >= 4 is 46.0 Å². The Kier molecular flexibility index (Phi) is 9.57. The number of anilines is 2. The maximum absolute atomic E-state index is 5.88. The summed E-state index contributed by atoms with van der Waals surface area (Å²) >= 11 is 1.73. The van der Waals surface area contributed by atoms with Gasteiger partial charge in [0, 0.05) is 12.3 Å². The van der Waals surface area contributed by atoms with Crippen molar-refractivity contribution in [3.05, 3.63) is 96.0 Å². The highest BCUT2D eigenvalue weighted by molar-refractivity contribution is 7.97. The van der Waals surface area contributed by atoms with E-state index in [1.165, 1.54) is 0 Å². The summed E-state index contributed by atoms with van der Waals surface area (Å²) in [5.74, 6) is 2.30. The molecule has 0 unspecified atom stereocenters. The molecule has 8 aromatic heterocycles. The Morgan fingerprint density at radius 1 is 0.627 bits per heavy atom. The Balaban J connectivity index is 0.000000159. The molecule has 0 aromatic carbocycles. The zero-order valence-corrected chi connectivity index (χ0v) is 28.8.